The number of nitrogens with zero attached hydrogens (tertiary/aromatic N) is 3. The number of nitriles is 1. The van der Waals surface area contributed by atoms with E-state index in [9.17, 15) is 4.79 Å². The predicted molar refractivity (Wildman–Crippen MR) is 96.1 cm³/mol. The summed E-state index contributed by atoms with van der Waals surface area (Å²) in [5.74, 6) is 0.542. The van der Waals surface area contributed by atoms with Gasteiger partial charge in [0.05, 0.1) is 23.9 Å². The zero-order valence-electron chi connectivity index (χ0n) is 14.0. The molecular formula is C19H17N3O2S. The van der Waals surface area contributed by atoms with Crippen LogP contribution in [0.4, 0.5) is 0 Å². The van der Waals surface area contributed by atoms with E-state index >= 15 is 0 Å². The van der Waals surface area contributed by atoms with Crippen LogP contribution in [0.2, 0.25) is 0 Å². The Balaban J connectivity index is 1.82. The number of furan rings is 1. The average molecular weight is 351 g/mol. The second-order valence-corrected chi connectivity index (χ2v) is 6.37. The Bertz CT molecular complexity index is 892. The fourth-order valence-corrected chi connectivity index (χ4v) is 3.40. The molecule has 3 rings (SSSR count). The predicted octanol–water partition coefficient (Wildman–Crippen LogP) is 4.50. The van der Waals surface area contributed by atoms with Gasteiger partial charge < -0.3 is 9.32 Å². The molecule has 1 unspecified atom stereocenters. The van der Waals surface area contributed by atoms with Gasteiger partial charge in [-0.3, -0.25) is 4.79 Å². The highest BCUT2D eigenvalue weighted by Crippen LogP contribution is 2.27. The van der Waals surface area contributed by atoms with Crippen LogP contribution < -0.4 is 0 Å². The molecule has 0 saturated carbocycles. The molecule has 0 saturated heterocycles. The first-order valence-electron chi connectivity index (χ1n) is 7.94. The van der Waals surface area contributed by atoms with Crippen molar-refractivity contribution in [2.24, 2.45) is 0 Å². The first-order chi connectivity index (χ1) is 12.1. The fraction of sp³-hybridized carbons (Fsp3) is 0.211. The average Bonchev–Trinajstić information content (AvgIpc) is 3.33. The number of amides is 1. The highest BCUT2D eigenvalue weighted by atomic mass is 32.1. The molecule has 1 amide bonds. The van der Waals surface area contributed by atoms with E-state index in [2.05, 4.69) is 11.1 Å². The molecule has 126 valence electrons. The van der Waals surface area contributed by atoms with Crippen molar-refractivity contribution >= 4 is 17.2 Å². The monoisotopic (exact) mass is 351 g/mol. The summed E-state index contributed by atoms with van der Waals surface area (Å²) in [5, 5.41) is 11.4. The smallest absolute Gasteiger partial charge is 0.273 e. The fourth-order valence-electron chi connectivity index (χ4n) is 2.64. The molecule has 0 N–H and O–H groups in total. The van der Waals surface area contributed by atoms with E-state index in [1.54, 1.807) is 34.7 Å². The molecule has 0 aliphatic rings. The molecule has 1 atom stereocenters. The molecule has 5 nitrogen and oxygen atoms in total. The highest BCUT2D eigenvalue weighted by molar-refractivity contribution is 7.13. The van der Waals surface area contributed by atoms with Crippen molar-refractivity contribution in [3.63, 3.8) is 0 Å². The minimum atomic E-state index is -0.117. The lowest BCUT2D eigenvalue weighted by Crippen LogP contribution is -2.33. The molecule has 2 aromatic heterocycles. The van der Waals surface area contributed by atoms with Crippen molar-refractivity contribution in [3.05, 3.63) is 64.9 Å². The van der Waals surface area contributed by atoms with Gasteiger partial charge in [0.1, 0.15) is 5.69 Å². The first kappa shape index (κ1) is 16.9. The summed E-state index contributed by atoms with van der Waals surface area (Å²) in [6, 6.07) is 12.9. The van der Waals surface area contributed by atoms with Crippen LogP contribution in [0.3, 0.4) is 0 Å². The highest BCUT2D eigenvalue weighted by Gasteiger charge is 2.24. The molecule has 6 heteroatoms. The Morgan fingerprint density at radius 3 is 2.72 bits per heavy atom. The Kier molecular flexibility index (Phi) is 4.96. The van der Waals surface area contributed by atoms with Crippen molar-refractivity contribution in [1.29, 1.82) is 5.26 Å². The molecule has 0 fully saturated rings. The van der Waals surface area contributed by atoms with Crippen molar-refractivity contribution in [3.8, 4) is 16.8 Å². The first-order valence-corrected chi connectivity index (χ1v) is 8.82. The summed E-state index contributed by atoms with van der Waals surface area (Å²) in [6.45, 7) is 4.48. The van der Waals surface area contributed by atoms with E-state index in [0.717, 1.165) is 5.56 Å². The summed E-state index contributed by atoms with van der Waals surface area (Å²) in [4.78, 5) is 19.1. The Morgan fingerprint density at radius 1 is 1.36 bits per heavy atom. The lowest BCUT2D eigenvalue weighted by Gasteiger charge is -2.27. The number of aromatic nitrogens is 1. The molecule has 0 aliphatic carbocycles. The minimum Gasteiger partial charge on any atom is -0.462 e. The summed E-state index contributed by atoms with van der Waals surface area (Å²) in [7, 11) is 0. The van der Waals surface area contributed by atoms with Gasteiger partial charge in [-0.05, 0) is 43.7 Å². The summed E-state index contributed by atoms with van der Waals surface area (Å²) in [6.07, 6.45) is 1.59. The molecule has 0 spiro atoms. The largest absolute Gasteiger partial charge is 0.462 e. The van der Waals surface area contributed by atoms with Gasteiger partial charge in [0.15, 0.2) is 10.8 Å². The standard InChI is InChI=1S/C19H17N3O2S/c1-3-22(13(2)15-8-6-14(11-20)7-9-15)19(23)16-12-25-18(21-16)17-5-4-10-24-17/h4-10,12-13H,3H2,1-2H3. The zero-order valence-corrected chi connectivity index (χ0v) is 14.8. The molecule has 1 aromatic carbocycles. The van der Waals surface area contributed by atoms with Crippen molar-refractivity contribution in [2.75, 3.05) is 6.54 Å². The number of hydrogen-bond donors (Lipinski definition) is 0. The van der Waals surface area contributed by atoms with Crippen LogP contribution in [0.5, 0.6) is 0 Å². The van der Waals surface area contributed by atoms with E-state index in [4.69, 9.17) is 9.68 Å². The Hall–Kier alpha value is -2.91. The quantitative estimate of drug-likeness (QED) is 0.679. The Labute approximate surface area is 150 Å². The van der Waals surface area contributed by atoms with Crippen molar-refractivity contribution < 1.29 is 9.21 Å². The third-order valence-corrected chi connectivity index (χ3v) is 4.90. The van der Waals surface area contributed by atoms with Crippen LogP contribution in [0.1, 0.15) is 41.5 Å². The zero-order chi connectivity index (χ0) is 17.8. The summed E-state index contributed by atoms with van der Waals surface area (Å²) < 4.78 is 5.33. The van der Waals surface area contributed by atoms with Gasteiger partial charge in [-0.15, -0.1) is 11.3 Å². The lowest BCUT2D eigenvalue weighted by molar-refractivity contribution is 0.0697. The minimum absolute atomic E-state index is 0.112. The van der Waals surface area contributed by atoms with Crippen molar-refractivity contribution in [1.82, 2.24) is 9.88 Å². The molecule has 25 heavy (non-hydrogen) atoms. The normalized spacial score (nSPS) is 11.7. The van der Waals surface area contributed by atoms with Crippen LogP contribution in [-0.4, -0.2) is 22.3 Å². The third kappa shape index (κ3) is 3.47. The van der Waals surface area contributed by atoms with Gasteiger partial charge in [0, 0.05) is 11.9 Å². The van der Waals surface area contributed by atoms with E-state index in [0.29, 0.717) is 28.6 Å². The molecule has 0 aliphatic heterocycles. The molecule has 3 aromatic rings. The maximum atomic E-state index is 12.9. The Morgan fingerprint density at radius 2 is 2.12 bits per heavy atom. The number of hydrogen-bond acceptors (Lipinski definition) is 5. The van der Waals surface area contributed by atoms with Crippen LogP contribution in [-0.2, 0) is 0 Å². The van der Waals surface area contributed by atoms with E-state index in [-0.39, 0.29) is 11.9 Å². The summed E-state index contributed by atoms with van der Waals surface area (Å²) >= 11 is 1.39. The third-order valence-electron chi connectivity index (χ3n) is 4.05. The number of thiazole rings is 1. The lowest BCUT2D eigenvalue weighted by atomic mass is 10.0. The van der Waals surface area contributed by atoms with Crippen LogP contribution in [0.25, 0.3) is 10.8 Å². The van der Waals surface area contributed by atoms with Crippen LogP contribution in [0.15, 0.2) is 52.5 Å². The van der Waals surface area contributed by atoms with Gasteiger partial charge in [-0.2, -0.15) is 5.26 Å². The SMILES string of the molecule is CCN(C(=O)c1csc(-c2ccco2)n1)C(C)c1ccc(C#N)cc1. The molecule has 2 heterocycles. The summed E-state index contributed by atoms with van der Waals surface area (Å²) in [5.41, 5.74) is 2.00. The maximum absolute atomic E-state index is 12.9. The second-order valence-electron chi connectivity index (χ2n) is 5.52. The van der Waals surface area contributed by atoms with E-state index < -0.39 is 0 Å². The van der Waals surface area contributed by atoms with Gasteiger partial charge in [0.25, 0.3) is 5.91 Å². The van der Waals surface area contributed by atoms with Gasteiger partial charge in [0.2, 0.25) is 0 Å². The molecule has 0 radical (unpaired) electrons. The number of carbonyl (C=O) groups excluding carboxylic acids is 1. The van der Waals surface area contributed by atoms with E-state index in [1.165, 1.54) is 11.3 Å². The molecular weight excluding hydrogens is 334 g/mol. The van der Waals surface area contributed by atoms with Gasteiger partial charge in [-0.25, -0.2) is 4.98 Å². The van der Waals surface area contributed by atoms with Crippen LogP contribution in [0, 0.1) is 11.3 Å². The van der Waals surface area contributed by atoms with Crippen molar-refractivity contribution in [2.45, 2.75) is 19.9 Å². The van der Waals surface area contributed by atoms with Gasteiger partial charge in [-0.1, -0.05) is 12.1 Å². The molecule has 0 bridgehead atoms. The number of benzene rings is 1. The number of rotatable bonds is 5. The second kappa shape index (κ2) is 7.32. The number of carbonyl (C=O) groups is 1. The van der Waals surface area contributed by atoms with Gasteiger partial charge >= 0.3 is 0 Å². The maximum Gasteiger partial charge on any atom is 0.273 e. The van der Waals surface area contributed by atoms with E-state index in [1.807, 2.05) is 32.0 Å². The van der Waals surface area contributed by atoms with Crippen LogP contribution >= 0.6 is 11.3 Å². The topological polar surface area (TPSA) is 70.1 Å².